The number of benzene rings is 1. The van der Waals surface area contributed by atoms with Crippen molar-refractivity contribution in [2.45, 2.75) is 38.5 Å². The molecule has 0 aliphatic heterocycles. The van der Waals surface area contributed by atoms with Crippen molar-refractivity contribution in [3.63, 3.8) is 0 Å². The van der Waals surface area contributed by atoms with Crippen LogP contribution in [0.3, 0.4) is 0 Å². The van der Waals surface area contributed by atoms with E-state index >= 15 is 0 Å². The summed E-state index contributed by atoms with van der Waals surface area (Å²) in [4.78, 5) is 4.01. The summed E-state index contributed by atoms with van der Waals surface area (Å²) in [5, 5.41) is 5.93. The molecule has 0 amide bonds. The van der Waals surface area contributed by atoms with Crippen molar-refractivity contribution in [2.24, 2.45) is 4.99 Å². The summed E-state index contributed by atoms with van der Waals surface area (Å²) >= 11 is 0. The topological polar surface area (TPSA) is 70.6 Å². The van der Waals surface area contributed by atoms with Crippen molar-refractivity contribution in [3.8, 4) is 0 Å². The van der Waals surface area contributed by atoms with Crippen LogP contribution in [0.25, 0.3) is 0 Å². The van der Waals surface area contributed by atoms with Crippen LogP contribution < -0.4 is 10.6 Å². The normalized spacial score (nSPS) is 14.4. The lowest BCUT2D eigenvalue weighted by molar-refractivity contribution is 0.504. The SMILES string of the molecule is CN=C(NCCS(=O)(=O)C(C)(C)C)NC(C)c1ccc(F)c(F)c1. The minimum absolute atomic E-state index is 0.0310. The van der Waals surface area contributed by atoms with Gasteiger partial charge in [0.2, 0.25) is 0 Å². The molecular formula is C16H25F2N3O2S. The first-order valence-corrected chi connectivity index (χ1v) is 9.27. The third-order valence-electron chi connectivity index (χ3n) is 3.62. The predicted molar refractivity (Wildman–Crippen MR) is 92.8 cm³/mol. The molecule has 0 saturated heterocycles. The van der Waals surface area contributed by atoms with Crippen LogP contribution in [0.5, 0.6) is 0 Å². The van der Waals surface area contributed by atoms with Crippen LogP contribution in [0.15, 0.2) is 23.2 Å². The molecule has 1 aromatic rings. The smallest absolute Gasteiger partial charge is 0.191 e. The molecule has 24 heavy (non-hydrogen) atoms. The highest BCUT2D eigenvalue weighted by Gasteiger charge is 2.28. The molecule has 1 unspecified atom stereocenters. The van der Waals surface area contributed by atoms with Gasteiger partial charge in [0.05, 0.1) is 16.5 Å². The Balaban J connectivity index is 2.64. The van der Waals surface area contributed by atoms with Gasteiger partial charge in [0, 0.05) is 13.6 Å². The molecule has 8 heteroatoms. The first kappa shape index (κ1) is 20.3. The average molecular weight is 361 g/mol. The second-order valence-corrected chi connectivity index (χ2v) is 9.33. The van der Waals surface area contributed by atoms with Crippen molar-refractivity contribution in [2.75, 3.05) is 19.3 Å². The molecular weight excluding hydrogens is 336 g/mol. The number of rotatable bonds is 5. The van der Waals surface area contributed by atoms with E-state index in [0.717, 1.165) is 12.1 Å². The van der Waals surface area contributed by atoms with Crippen LogP contribution >= 0.6 is 0 Å². The zero-order valence-corrected chi connectivity index (χ0v) is 15.5. The van der Waals surface area contributed by atoms with Gasteiger partial charge in [-0.05, 0) is 45.4 Å². The van der Waals surface area contributed by atoms with Gasteiger partial charge in [-0.2, -0.15) is 0 Å². The van der Waals surface area contributed by atoms with E-state index in [4.69, 9.17) is 0 Å². The maximum absolute atomic E-state index is 13.3. The molecule has 136 valence electrons. The summed E-state index contributed by atoms with van der Waals surface area (Å²) in [5.74, 6) is -1.46. The molecule has 0 fully saturated rings. The van der Waals surface area contributed by atoms with Crippen molar-refractivity contribution < 1.29 is 17.2 Å². The van der Waals surface area contributed by atoms with Crippen LogP contribution in [0.4, 0.5) is 8.78 Å². The molecule has 0 aromatic heterocycles. The predicted octanol–water partition coefficient (Wildman–Crippen LogP) is 2.40. The highest BCUT2D eigenvalue weighted by molar-refractivity contribution is 7.92. The third-order valence-corrected chi connectivity index (χ3v) is 6.22. The van der Waals surface area contributed by atoms with E-state index in [1.165, 1.54) is 6.07 Å². The Morgan fingerprint density at radius 3 is 2.38 bits per heavy atom. The average Bonchev–Trinajstić information content (AvgIpc) is 2.47. The quantitative estimate of drug-likeness (QED) is 0.624. The van der Waals surface area contributed by atoms with Gasteiger partial charge >= 0.3 is 0 Å². The van der Waals surface area contributed by atoms with Crippen LogP contribution in [0.1, 0.15) is 39.3 Å². The number of hydrogen-bond donors (Lipinski definition) is 2. The van der Waals surface area contributed by atoms with Gasteiger partial charge in [-0.15, -0.1) is 0 Å². The fourth-order valence-electron chi connectivity index (χ4n) is 1.87. The molecule has 0 aliphatic carbocycles. The van der Waals surface area contributed by atoms with Crippen LogP contribution in [0, 0.1) is 11.6 Å². The number of nitrogens with zero attached hydrogens (tertiary/aromatic N) is 1. The third kappa shape index (κ3) is 5.43. The molecule has 0 bridgehead atoms. The molecule has 2 N–H and O–H groups in total. The van der Waals surface area contributed by atoms with Gasteiger partial charge in [-0.3, -0.25) is 4.99 Å². The van der Waals surface area contributed by atoms with Crippen molar-refractivity contribution in [1.82, 2.24) is 10.6 Å². The van der Waals surface area contributed by atoms with Gasteiger partial charge in [0.15, 0.2) is 27.4 Å². The Morgan fingerprint density at radius 1 is 1.25 bits per heavy atom. The Labute approximate surface area is 142 Å². The first-order chi connectivity index (χ1) is 11.0. The number of guanidine groups is 1. The second-order valence-electron chi connectivity index (χ2n) is 6.47. The van der Waals surface area contributed by atoms with Gasteiger partial charge in [0.25, 0.3) is 0 Å². The Kier molecular flexibility index (Phi) is 6.71. The van der Waals surface area contributed by atoms with E-state index in [1.807, 2.05) is 0 Å². The van der Waals surface area contributed by atoms with E-state index in [-0.39, 0.29) is 18.3 Å². The highest BCUT2D eigenvalue weighted by Crippen LogP contribution is 2.16. The van der Waals surface area contributed by atoms with Gasteiger partial charge < -0.3 is 10.6 Å². The van der Waals surface area contributed by atoms with Crippen LogP contribution in [0.2, 0.25) is 0 Å². The Bertz CT molecular complexity index is 698. The monoisotopic (exact) mass is 361 g/mol. The molecule has 1 rings (SSSR count). The molecule has 0 radical (unpaired) electrons. The zero-order valence-electron chi connectivity index (χ0n) is 14.7. The minimum atomic E-state index is -3.23. The largest absolute Gasteiger partial charge is 0.355 e. The number of sulfone groups is 1. The van der Waals surface area contributed by atoms with E-state index < -0.39 is 26.2 Å². The first-order valence-electron chi connectivity index (χ1n) is 7.62. The number of aliphatic imine (C=N–C) groups is 1. The van der Waals surface area contributed by atoms with E-state index in [1.54, 1.807) is 34.7 Å². The molecule has 0 heterocycles. The maximum atomic E-state index is 13.3. The summed E-state index contributed by atoms with van der Waals surface area (Å²) in [7, 11) is -1.68. The van der Waals surface area contributed by atoms with Gasteiger partial charge in [0.1, 0.15) is 0 Å². The number of halogens is 2. The summed E-state index contributed by atoms with van der Waals surface area (Å²) in [5.41, 5.74) is 0.555. The molecule has 1 atom stereocenters. The number of nitrogens with one attached hydrogen (secondary N) is 2. The fourth-order valence-corrected chi connectivity index (χ4v) is 2.86. The minimum Gasteiger partial charge on any atom is -0.355 e. The summed E-state index contributed by atoms with van der Waals surface area (Å²) in [6.45, 7) is 6.93. The molecule has 0 aliphatic rings. The van der Waals surface area contributed by atoms with E-state index in [0.29, 0.717) is 11.5 Å². The number of hydrogen-bond acceptors (Lipinski definition) is 3. The standard InChI is InChI=1S/C16H25F2N3O2S/c1-11(12-6-7-13(17)14(18)10-12)21-15(19-5)20-8-9-24(22,23)16(2,3)4/h6-7,10-11H,8-9H2,1-5H3,(H2,19,20,21). The molecule has 1 aromatic carbocycles. The van der Waals surface area contributed by atoms with Crippen molar-refractivity contribution in [1.29, 1.82) is 0 Å². The molecule has 5 nitrogen and oxygen atoms in total. The van der Waals surface area contributed by atoms with Crippen LogP contribution in [-0.2, 0) is 9.84 Å². The second kappa shape index (κ2) is 7.92. The van der Waals surface area contributed by atoms with Gasteiger partial charge in [-0.25, -0.2) is 17.2 Å². The lowest BCUT2D eigenvalue weighted by Crippen LogP contribution is -2.42. The van der Waals surface area contributed by atoms with Gasteiger partial charge in [-0.1, -0.05) is 6.07 Å². The van der Waals surface area contributed by atoms with E-state index in [2.05, 4.69) is 15.6 Å². The Hall–Kier alpha value is -1.70. The zero-order chi connectivity index (χ0) is 18.5. The summed E-state index contributed by atoms with van der Waals surface area (Å²) in [6, 6.07) is 3.33. The van der Waals surface area contributed by atoms with Crippen molar-refractivity contribution >= 4 is 15.8 Å². The van der Waals surface area contributed by atoms with E-state index in [9.17, 15) is 17.2 Å². The lowest BCUT2D eigenvalue weighted by Gasteiger charge is -2.21. The summed E-state index contributed by atoms with van der Waals surface area (Å²) < 4.78 is 49.6. The van der Waals surface area contributed by atoms with Crippen molar-refractivity contribution in [3.05, 3.63) is 35.4 Å². The fraction of sp³-hybridized carbons (Fsp3) is 0.562. The summed E-state index contributed by atoms with van der Waals surface area (Å²) in [6.07, 6.45) is 0. The van der Waals surface area contributed by atoms with Crippen LogP contribution in [-0.4, -0.2) is 38.5 Å². The lowest BCUT2D eigenvalue weighted by atomic mass is 10.1. The molecule has 0 spiro atoms. The Morgan fingerprint density at radius 2 is 1.88 bits per heavy atom. The maximum Gasteiger partial charge on any atom is 0.191 e. The molecule has 0 saturated carbocycles. The highest BCUT2D eigenvalue weighted by atomic mass is 32.2.